The zero-order chi connectivity index (χ0) is 39.0. The molecule has 318 valence electrons. The Kier molecular flexibility index (Phi) is 29.4. The van der Waals surface area contributed by atoms with Crippen molar-refractivity contribution in [2.45, 2.75) is 232 Å². The number of quaternary nitrogens is 1. The Bertz CT molecular complexity index is 956. The Hall–Kier alpha value is -0.790. The lowest BCUT2D eigenvalue weighted by atomic mass is 9.86. The quantitative estimate of drug-likeness (QED) is 0.0287. The van der Waals surface area contributed by atoms with E-state index in [0.29, 0.717) is 25.8 Å². The zero-order valence-electron chi connectivity index (χ0n) is 35.5. The third-order valence-electron chi connectivity index (χ3n) is 12.4. The van der Waals surface area contributed by atoms with Gasteiger partial charge >= 0.3 is 13.8 Å². The largest absolute Gasteiger partial charge is 0.472 e. The van der Waals surface area contributed by atoms with E-state index in [1.54, 1.807) is 0 Å². The Morgan fingerprint density at radius 2 is 1.00 bits per heavy atom. The molecule has 0 aromatic heterocycles. The molecule has 54 heavy (non-hydrogen) atoms. The van der Waals surface area contributed by atoms with E-state index >= 15 is 0 Å². The molecule has 3 fully saturated rings. The van der Waals surface area contributed by atoms with E-state index in [-0.39, 0.29) is 31.4 Å². The van der Waals surface area contributed by atoms with Crippen LogP contribution in [0.25, 0.3) is 0 Å². The van der Waals surface area contributed by atoms with Gasteiger partial charge in [-0.05, 0) is 44.4 Å². The summed E-state index contributed by atoms with van der Waals surface area (Å²) in [6.45, 7) is 8.52. The number of Topliss-reactive ketones (excluding diaryl/α,β-unsaturated/α-hetero) is 1. The average Bonchev–Trinajstić information content (AvgIpc) is 3.17. The fourth-order valence-corrected chi connectivity index (χ4v) is 9.27. The van der Waals surface area contributed by atoms with Crippen LogP contribution in [0.2, 0.25) is 0 Å². The number of hydrogen-bond acceptors (Lipinski definition) is 6. The Labute approximate surface area is 333 Å². The number of nitrogens with zero attached hydrogens (tertiary/aromatic N) is 1. The molecular formula is C45H87NO7P+. The van der Waals surface area contributed by atoms with Crippen molar-refractivity contribution in [1.29, 1.82) is 0 Å². The molecule has 3 saturated heterocycles. The third kappa shape index (κ3) is 26.2. The number of carbonyl (C=O) groups excluding carboxylic acids is 2. The highest BCUT2D eigenvalue weighted by molar-refractivity contribution is 7.47. The van der Waals surface area contributed by atoms with E-state index in [9.17, 15) is 19.0 Å². The van der Waals surface area contributed by atoms with Crippen LogP contribution in [0.1, 0.15) is 226 Å². The third-order valence-corrected chi connectivity index (χ3v) is 13.3. The number of phosphoric ester groups is 1. The van der Waals surface area contributed by atoms with E-state index in [0.717, 1.165) is 62.1 Å². The molecule has 1 N–H and O–H groups in total. The number of piperidine rings is 3. The van der Waals surface area contributed by atoms with Crippen LogP contribution in [-0.4, -0.2) is 66.6 Å². The number of hydrogen-bond donors (Lipinski definition) is 1. The second-order valence-corrected chi connectivity index (χ2v) is 18.7. The smallest absolute Gasteiger partial charge is 0.460 e. The maximum atomic E-state index is 12.8. The number of phosphoric acid groups is 1. The highest BCUT2D eigenvalue weighted by Gasteiger charge is 2.40. The molecule has 0 saturated carbocycles. The van der Waals surface area contributed by atoms with Crippen molar-refractivity contribution in [1.82, 2.24) is 0 Å². The molecule has 0 spiro atoms. The summed E-state index contributed by atoms with van der Waals surface area (Å²) in [6, 6.07) is 0. The molecule has 2 unspecified atom stereocenters. The number of ether oxygens (including phenoxy) is 1. The van der Waals surface area contributed by atoms with Crippen LogP contribution < -0.4 is 0 Å². The monoisotopic (exact) mass is 785 g/mol. The van der Waals surface area contributed by atoms with Gasteiger partial charge in [0, 0.05) is 19.3 Å². The van der Waals surface area contributed by atoms with Crippen molar-refractivity contribution >= 4 is 19.6 Å². The first-order valence-electron chi connectivity index (χ1n) is 23.5. The lowest BCUT2D eigenvalue weighted by molar-refractivity contribution is -0.942. The maximum absolute atomic E-state index is 12.8. The zero-order valence-corrected chi connectivity index (χ0v) is 36.4. The number of ketones is 1. The standard InChI is InChI=1S/C45H86NO7P/c1-3-5-7-9-11-13-15-17-19-21-23-25-27-29-43(47)31-32-44(41-52-54(49,50)51-40-39-46-36-33-42(34-37-46)35-38-46)53-45(48)30-28-26-24-22-20-18-16-14-12-10-8-6-4-2/h42,44H,3-41H2,1-2H3/p+1. The lowest BCUT2D eigenvalue weighted by Gasteiger charge is -2.49. The predicted molar refractivity (Wildman–Crippen MR) is 224 cm³/mol. The van der Waals surface area contributed by atoms with Gasteiger partial charge in [0.1, 0.15) is 25.0 Å². The molecule has 0 aromatic rings. The van der Waals surface area contributed by atoms with Gasteiger partial charge in [-0.15, -0.1) is 0 Å². The molecule has 9 heteroatoms. The molecule has 3 heterocycles. The summed E-state index contributed by atoms with van der Waals surface area (Å²) in [6.07, 6.45) is 37.0. The van der Waals surface area contributed by atoms with Gasteiger partial charge in [0.05, 0.1) is 26.2 Å². The summed E-state index contributed by atoms with van der Waals surface area (Å²) >= 11 is 0. The summed E-state index contributed by atoms with van der Waals surface area (Å²) < 4.78 is 30.4. The van der Waals surface area contributed by atoms with E-state index in [1.165, 1.54) is 154 Å². The van der Waals surface area contributed by atoms with Gasteiger partial charge < -0.3 is 14.1 Å². The van der Waals surface area contributed by atoms with E-state index in [4.69, 9.17) is 13.8 Å². The number of rotatable bonds is 39. The molecule has 8 nitrogen and oxygen atoms in total. The Balaban J connectivity index is 1.64. The van der Waals surface area contributed by atoms with Crippen molar-refractivity contribution in [2.75, 3.05) is 39.4 Å². The number of unbranched alkanes of at least 4 members (excludes halogenated alkanes) is 24. The fraction of sp³-hybridized carbons (Fsp3) is 0.956. The van der Waals surface area contributed by atoms with Crippen molar-refractivity contribution in [3.63, 3.8) is 0 Å². The van der Waals surface area contributed by atoms with Gasteiger partial charge in [0.2, 0.25) is 0 Å². The molecule has 0 radical (unpaired) electrons. The summed E-state index contributed by atoms with van der Waals surface area (Å²) in [5.41, 5.74) is 0. The summed E-state index contributed by atoms with van der Waals surface area (Å²) in [5.74, 6) is 0.676. The minimum absolute atomic E-state index is 0.151. The number of carbonyl (C=O) groups is 2. The predicted octanol–water partition coefficient (Wildman–Crippen LogP) is 13.0. The molecule has 0 amide bonds. The van der Waals surface area contributed by atoms with Gasteiger partial charge in [-0.25, -0.2) is 4.57 Å². The second-order valence-electron chi connectivity index (χ2n) is 17.2. The second kappa shape index (κ2) is 32.2. The molecule has 3 rings (SSSR count). The maximum Gasteiger partial charge on any atom is 0.472 e. The molecule has 2 atom stereocenters. The minimum atomic E-state index is -4.31. The van der Waals surface area contributed by atoms with Crippen LogP contribution in [0.4, 0.5) is 0 Å². The molecule has 2 bridgehead atoms. The van der Waals surface area contributed by atoms with Crippen molar-refractivity contribution in [3.8, 4) is 0 Å². The molecule has 0 aromatic carbocycles. The molecule has 0 aliphatic carbocycles. The highest BCUT2D eigenvalue weighted by Crippen LogP contribution is 2.44. The minimum Gasteiger partial charge on any atom is -0.460 e. The fourth-order valence-electron chi connectivity index (χ4n) is 8.53. The molecule has 3 aliphatic rings. The summed E-state index contributed by atoms with van der Waals surface area (Å²) in [7, 11) is -4.31. The summed E-state index contributed by atoms with van der Waals surface area (Å²) in [5, 5.41) is 0. The van der Waals surface area contributed by atoms with Gasteiger partial charge in [-0.3, -0.25) is 18.6 Å². The van der Waals surface area contributed by atoms with E-state index < -0.39 is 13.9 Å². The first-order chi connectivity index (χ1) is 26.3. The summed E-state index contributed by atoms with van der Waals surface area (Å²) in [4.78, 5) is 36.1. The highest BCUT2D eigenvalue weighted by atomic mass is 31.2. The normalized spacial score (nSPS) is 19.9. The van der Waals surface area contributed by atoms with E-state index in [2.05, 4.69) is 13.8 Å². The topological polar surface area (TPSA) is 99.1 Å². The Morgan fingerprint density at radius 3 is 1.44 bits per heavy atom. The van der Waals surface area contributed by atoms with Crippen molar-refractivity contribution in [2.24, 2.45) is 5.92 Å². The average molecular weight is 785 g/mol. The van der Waals surface area contributed by atoms with Gasteiger partial charge in [0.15, 0.2) is 0 Å². The Morgan fingerprint density at radius 1 is 0.593 bits per heavy atom. The van der Waals surface area contributed by atoms with Crippen molar-refractivity contribution in [3.05, 3.63) is 0 Å². The van der Waals surface area contributed by atoms with Crippen LogP contribution in [0.5, 0.6) is 0 Å². The number of esters is 1. The SMILES string of the molecule is CCCCCCCCCCCCCCCC(=O)CCC(COP(=O)(O)OCC[N+]12CCC(CC1)CC2)OC(=O)CCCCCCCCCCCCCCC. The molecular weight excluding hydrogens is 697 g/mol. The van der Waals surface area contributed by atoms with Crippen LogP contribution >= 0.6 is 7.82 Å². The van der Waals surface area contributed by atoms with Gasteiger partial charge in [0.25, 0.3) is 0 Å². The number of fused-ring (bicyclic) bond motifs is 3. The molecule has 3 aliphatic heterocycles. The van der Waals surface area contributed by atoms with Gasteiger partial charge in [-0.1, -0.05) is 168 Å². The van der Waals surface area contributed by atoms with Crippen LogP contribution in [0.3, 0.4) is 0 Å². The van der Waals surface area contributed by atoms with Crippen molar-refractivity contribution < 1.29 is 37.3 Å². The lowest BCUT2D eigenvalue weighted by Crippen LogP contribution is -2.59. The first kappa shape index (κ1) is 49.4. The van der Waals surface area contributed by atoms with E-state index in [1.807, 2.05) is 0 Å². The first-order valence-corrected chi connectivity index (χ1v) is 24.9. The van der Waals surface area contributed by atoms with Crippen LogP contribution in [0, 0.1) is 5.92 Å². The van der Waals surface area contributed by atoms with Crippen LogP contribution in [0.15, 0.2) is 0 Å². The van der Waals surface area contributed by atoms with Crippen LogP contribution in [-0.2, 0) is 27.9 Å². The van der Waals surface area contributed by atoms with Gasteiger partial charge in [-0.2, -0.15) is 0 Å².